The molecular weight excluding hydrogens is 694 g/mol. The lowest BCUT2D eigenvalue weighted by Gasteiger charge is -2.59. The van der Waals surface area contributed by atoms with E-state index in [0.717, 1.165) is 62.2 Å². The van der Waals surface area contributed by atoms with Gasteiger partial charge in [-0.1, -0.05) is 36.2 Å². The molecule has 1 saturated heterocycles. The van der Waals surface area contributed by atoms with Gasteiger partial charge >= 0.3 is 6.09 Å². The molecule has 1 saturated carbocycles. The molecule has 13 heteroatoms. The summed E-state index contributed by atoms with van der Waals surface area (Å²) < 4.78 is 32.0. The summed E-state index contributed by atoms with van der Waals surface area (Å²) in [5, 5.41) is 33.6. The molecule has 0 aromatic heterocycles. The van der Waals surface area contributed by atoms with Crippen LogP contribution in [-0.2, 0) is 19.0 Å². The lowest BCUT2D eigenvalue weighted by Crippen LogP contribution is -2.70. The summed E-state index contributed by atoms with van der Waals surface area (Å²) in [5.74, 6) is -0.406. The average molecular weight is 756 g/mol. The number of allylic oxidation sites excluding steroid dienone is 1. The first kappa shape index (κ1) is 41.7. The lowest BCUT2D eigenvalue weighted by atomic mass is 9.55. The van der Waals surface area contributed by atoms with Crippen molar-refractivity contribution in [1.82, 2.24) is 9.80 Å². The summed E-state index contributed by atoms with van der Waals surface area (Å²) >= 11 is 0. The smallest absolute Gasteiger partial charge is 0.410 e. The van der Waals surface area contributed by atoms with Crippen molar-refractivity contribution in [2.24, 2.45) is 22.9 Å². The minimum atomic E-state index is -1.41. The highest BCUT2D eigenvalue weighted by Gasteiger charge is 2.65. The molecule has 4 aliphatic rings. The Morgan fingerprint density at radius 2 is 1.83 bits per heavy atom. The largest absolute Gasteiger partial charge is 0.492 e. The highest BCUT2D eigenvalue weighted by atomic mass is 16.7. The second-order valence-electron chi connectivity index (χ2n) is 14.4. The van der Waals surface area contributed by atoms with Crippen LogP contribution in [0.15, 0.2) is 60.3 Å². The Kier molecular flexibility index (Phi) is 16.2. The van der Waals surface area contributed by atoms with E-state index in [-0.39, 0.29) is 77.0 Å². The first-order chi connectivity index (χ1) is 26.5. The molecule has 6 atom stereocenters. The predicted octanol–water partition coefficient (Wildman–Crippen LogP) is 4.67. The van der Waals surface area contributed by atoms with Gasteiger partial charge in [0.25, 0.3) is 0 Å². The number of nitrogens with zero attached hydrogens (tertiary/aromatic N) is 3. The summed E-state index contributed by atoms with van der Waals surface area (Å²) in [4.78, 5) is 23.6. The highest BCUT2D eigenvalue weighted by Crippen LogP contribution is 2.62. The average Bonchev–Trinajstić information content (AvgIpc) is 4.01. The fourth-order valence-electron chi connectivity index (χ4n) is 8.45. The number of benzene rings is 1. The minimum Gasteiger partial charge on any atom is -0.492 e. The van der Waals surface area contributed by atoms with Crippen LogP contribution in [0.25, 0.3) is 0 Å². The van der Waals surface area contributed by atoms with Gasteiger partial charge in [0, 0.05) is 57.3 Å². The SMILES string of the molecule is C=CCCOC(=O)N(CCOCCO)[C@H]1CC(=NOC)C2=C[C@H](CCCCO)[C@@H](CCCCO)[C@@H]3c4cc(OCCN5CC5)ccc4O[C@@]1(OCC=C)[C@H]23. The van der Waals surface area contributed by atoms with Gasteiger partial charge in [0.1, 0.15) is 31.3 Å². The maximum absolute atomic E-state index is 14.1. The maximum Gasteiger partial charge on any atom is 0.410 e. The van der Waals surface area contributed by atoms with Crippen molar-refractivity contribution >= 4 is 11.8 Å². The zero-order chi connectivity index (χ0) is 38.3. The number of oxime groups is 1. The van der Waals surface area contributed by atoms with Crippen LogP contribution in [0.5, 0.6) is 11.5 Å². The van der Waals surface area contributed by atoms with E-state index < -0.39 is 23.8 Å². The quantitative estimate of drug-likeness (QED) is 0.0553. The van der Waals surface area contributed by atoms with Crippen molar-refractivity contribution in [3.63, 3.8) is 0 Å². The van der Waals surface area contributed by atoms with E-state index in [1.54, 1.807) is 17.1 Å². The first-order valence-electron chi connectivity index (χ1n) is 19.7. The Morgan fingerprint density at radius 3 is 2.54 bits per heavy atom. The summed E-state index contributed by atoms with van der Waals surface area (Å²) in [6.45, 7) is 12.1. The number of fused-ring (bicyclic) bond motifs is 2. The van der Waals surface area contributed by atoms with E-state index >= 15 is 0 Å². The monoisotopic (exact) mass is 755 g/mol. The van der Waals surface area contributed by atoms with Gasteiger partial charge in [-0.3, -0.25) is 9.80 Å². The van der Waals surface area contributed by atoms with Crippen LogP contribution in [-0.4, -0.2) is 135 Å². The number of carbonyl (C=O) groups excluding carboxylic acids is 1. The molecule has 2 heterocycles. The van der Waals surface area contributed by atoms with Crippen molar-refractivity contribution in [3.8, 4) is 11.5 Å². The number of aliphatic hydroxyl groups excluding tert-OH is 3. The Morgan fingerprint density at radius 1 is 1.04 bits per heavy atom. The standard InChI is InChI=1S/C41H61N3O10/c1-4-6-23-52-40(48)44(18-24-50-26-21-47)37-29-35(42-49-3)33-27-30(11-7-9-19-45)32(12-8-10-20-46)38-34-28-31(51-25-17-43-15-16-43)13-14-36(34)54-41(37,39(33)38)53-22-5-2/h4-5,13-14,27-28,30,32,37-39,45-47H,1-2,6-12,15-26,29H2,3H3/t30-,32+,37-,38+,39+,41+/m0/s1. The predicted molar refractivity (Wildman–Crippen MR) is 205 cm³/mol. The molecule has 5 rings (SSSR count). The molecule has 0 unspecified atom stereocenters. The van der Waals surface area contributed by atoms with Crippen molar-refractivity contribution in [3.05, 3.63) is 60.7 Å². The number of unbranched alkanes of at least 4 members (excludes halogenated alkanes) is 2. The van der Waals surface area contributed by atoms with Crippen LogP contribution in [0.1, 0.15) is 62.8 Å². The van der Waals surface area contributed by atoms with Crippen LogP contribution in [0.4, 0.5) is 4.79 Å². The molecule has 0 spiro atoms. The van der Waals surface area contributed by atoms with Crippen LogP contribution >= 0.6 is 0 Å². The molecule has 2 aliphatic heterocycles. The fraction of sp³-hybridized carbons (Fsp3) is 0.659. The van der Waals surface area contributed by atoms with Gasteiger partial charge in [-0.15, -0.1) is 13.2 Å². The topological polar surface area (TPSA) is 152 Å². The molecule has 1 amide bonds. The summed E-state index contributed by atoms with van der Waals surface area (Å²) in [5.41, 5.74) is 2.64. The van der Waals surface area contributed by atoms with Gasteiger partial charge in [0.05, 0.1) is 44.7 Å². The number of aliphatic hydroxyl groups is 3. The van der Waals surface area contributed by atoms with Crippen molar-refractivity contribution in [2.75, 3.05) is 86.1 Å². The van der Waals surface area contributed by atoms with Gasteiger partial charge in [0.15, 0.2) is 0 Å². The highest BCUT2D eigenvalue weighted by molar-refractivity contribution is 6.02. The first-order valence-corrected chi connectivity index (χ1v) is 19.7. The molecule has 1 aromatic carbocycles. The summed E-state index contributed by atoms with van der Waals surface area (Å²) in [6, 6.07) is 5.24. The van der Waals surface area contributed by atoms with Gasteiger partial charge in [-0.05, 0) is 67.7 Å². The third-order valence-corrected chi connectivity index (χ3v) is 10.9. The number of rotatable bonds is 25. The normalized spacial score (nSPS) is 26.2. The molecule has 0 bridgehead atoms. The van der Waals surface area contributed by atoms with Crippen molar-refractivity contribution in [1.29, 1.82) is 0 Å². The van der Waals surface area contributed by atoms with Gasteiger partial charge in [-0.25, -0.2) is 4.79 Å². The van der Waals surface area contributed by atoms with E-state index in [1.807, 2.05) is 12.1 Å². The second-order valence-corrected chi connectivity index (χ2v) is 14.4. The van der Waals surface area contributed by atoms with Gasteiger partial charge < -0.3 is 43.8 Å². The molecule has 0 radical (unpaired) electrons. The molecular formula is C41H61N3O10. The number of hydrogen-bond donors (Lipinski definition) is 3. The second kappa shape index (κ2) is 21.0. The Bertz CT molecular complexity index is 1430. The summed E-state index contributed by atoms with van der Waals surface area (Å²) in [6.07, 6.45) is 10.6. The number of amides is 1. The number of ether oxygens (including phenoxy) is 5. The molecule has 1 aromatic rings. The van der Waals surface area contributed by atoms with E-state index in [1.165, 1.54) is 7.11 Å². The van der Waals surface area contributed by atoms with Crippen LogP contribution in [0.2, 0.25) is 0 Å². The van der Waals surface area contributed by atoms with Crippen LogP contribution < -0.4 is 9.47 Å². The Labute approximate surface area is 320 Å². The third kappa shape index (κ3) is 10.0. The molecule has 54 heavy (non-hydrogen) atoms. The third-order valence-electron chi connectivity index (χ3n) is 10.9. The molecule has 300 valence electrons. The Balaban J connectivity index is 1.69. The molecule has 2 fully saturated rings. The van der Waals surface area contributed by atoms with E-state index in [9.17, 15) is 20.1 Å². The van der Waals surface area contributed by atoms with Gasteiger partial charge in [0.2, 0.25) is 5.79 Å². The van der Waals surface area contributed by atoms with E-state index in [2.05, 4.69) is 35.4 Å². The van der Waals surface area contributed by atoms with Crippen molar-refractivity contribution in [2.45, 2.75) is 69.1 Å². The van der Waals surface area contributed by atoms with Crippen LogP contribution in [0, 0.1) is 17.8 Å². The molecule has 13 nitrogen and oxygen atoms in total. The van der Waals surface area contributed by atoms with Gasteiger partial charge in [-0.2, -0.15) is 0 Å². The Hall–Kier alpha value is -3.46. The fourth-order valence-corrected chi connectivity index (χ4v) is 8.45. The zero-order valence-corrected chi connectivity index (χ0v) is 31.9. The summed E-state index contributed by atoms with van der Waals surface area (Å²) in [7, 11) is 1.52. The maximum atomic E-state index is 14.1. The van der Waals surface area contributed by atoms with E-state index in [4.69, 9.17) is 28.5 Å². The lowest BCUT2D eigenvalue weighted by molar-refractivity contribution is -0.256. The van der Waals surface area contributed by atoms with E-state index in [0.29, 0.717) is 37.3 Å². The van der Waals surface area contributed by atoms with Crippen molar-refractivity contribution < 1.29 is 48.6 Å². The number of hydrogen-bond acceptors (Lipinski definition) is 12. The minimum absolute atomic E-state index is 0.0922. The number of carbonyl (C=O) groups is 1. The zero-order valence-electron chi connectivity index (χ0n) is 31.9. The molecule has 2 aliphatic carbocycles. The molecule has 3 N–H and O–H groups in total. The van der Waals surface area contributed by atoms with Crippen LogP contribution in [0.3, 0.4) is 0 Å².